The fraction of sp³-hybridized carbons (Fsp3) is 0.647. The van der Waals surface area contributed by atoms with Crippen LogP contribution in [0.4, 0.5) is 0 Å². The lowest BCUT2D eigenvalue weighted by atomic mass is 9.77. The largest absolute Gasteiger partial charge is 0.487 e. The smallest absolute Gasteiger partial charge is 0.261 e. The van der Waals surface area contributed by atoms with Gasteiger partial charge in [0, 0.05) is 55.2 Å². The van der Waals surface area contributed by atoms with Crippen molar-refractivity contribution in [1.82, 2.24) is 9.13 Å². The van der Waals surface area contributed by atoms with Gasteiger partial charge < -0.3 is 56.8 Å². The summed E-state index contributed by atoms with van der Waals surface area (Å²) >= 11 is 0. The number of aromatic nitrogens is 2. The predicted molar refractivity (Wildman–Crippen MR) is 492 cm³/mol. The van der Waals surface area contributed by atoms with E-state index in [0.29, 0.717) is 160 Å². The van der Waals surface area contributed by atoms with Crippen molar-refractivity contribution in [3.8, 4) is 23.0 Å². The average molecular weight is 1650 g/mol. The van der Waals surface area contributed by atoms with E-state index in [-0.39, 0.29) is 87.2 Å². The number of benzene rings is 9. The van der Waals surface area contributed by atoms with Crippen LogP contribution in [-0.4, -0.2) is 141 Å². The molecular formula is C102H142N2O16. The molecule has 656 valence electrons. The minimum Gasteiger partial charge on any atom is -0.487 e. The van der Waals surface area contributed by atoms with Crippen LogP contribution in [0.2, 0.25) is 0 Å². The lowest BCUT2D eigenvalue weighted by Crippen LogP contribution is -2.37. The van der Waals surface area contributed by atoms with Crippen LogP contribution in [0.5, 0.6) is 23.0 Å². The summed E-state index contributed by atoms with van der Waals surface area (Å²) < 4.78 is 78.8. The third kappa shape index (κ3) is 22.7. The van der Waals surface area contributed by atoms with Crippen molar-refractivity contribution in [3.05, 3.63) is 89.9 Å². The molecule has 0 aliphatic carbocycles. The van der Waals surface area contributed by atoms with Crippen molar-refractivity contribution in [2.75, 3.05) is 132 Å². The van der Waals surface area contributed by atoms with Gasteiger partial charge in [0.15, 0.2) is 23.0 Å². The number of unbranched alkanes of at least 4 members (excludes halogenated alkanes) is 32. The Morgan fingerprint density at radius 3 is 0.567 bits per heavy atom. The number of fused-ring (bicyclic) bond motifs is 8. The maximum absolute atomic E-state index is 16.8. The van der Waals surface area contributed by atoms with E-state index in [1.54, 1.807) is 9.13 Å². The molecule has 0 amide bonds. The third-order valence-electron chi connectivity index (χ3n) is 25.9. The SMILES string of the molecule is CCCCCCCCCCCC(CCCCCCCCCCC)n1c(=O)c2cc3c4cc5c(cc4c4cc6c(=O)n(C(CCCCCCCCCCC)CCCCCCCCCCC)c(=O)c7cc8c9cc%10c(cc9c9cc(c1=O)c2c1c3c4c(c67)c8c91)OCCOCCOCCOCCOCCO%10)OCCOCCOCCOCCOCCO5. The van der Waals surface area contributed by atoms with Crippen LogP contribution >= 0.6 is 0 Å². The normalized spacial score (nSPS) is 15.8. The van der Waals surface area contributed by atoms with Crippen molar-refractivity contribution < 1.29 is 56.8 Å². The van der Waals surface area contributed by atoms with Crippen LogP contribution in [0.25, 0.3) is 108 Å². The summed E-state index contributed by atoms with van der Waals surface area (Å²) in [5, 5.41) is 14.3. The highest BCUT2D eigenvalue weighted by atomic mass is 16.6. The molecule has 0 N–H and O–H groups in total. The summed E-state index contributed by atoms with van der Waals surface area (Å²) in [7, 11) is 0. The topological polar surface area (TPSA) is 189 Å². The van der Waals surface area contributed by atoms with E-state index in [4.69, 9.17) is 56.8 Å². The fourth-order valence-electron chi connectivity index (χ4n) is 19.6. The molecule has 2 aliphatic rings. The number of pyridine rings is 2. The van der Waals surface area contributed by atoms with Gasteiger partial charge in [0.25, 0.3) is 22.2 Å². The molecule has 2 aliphatic heterocycles. The van der Waals surface area contributed by atoms with Crippen LogP contribution < -0.4 is 41.2 Å². The molecule has 0 saturated heterocycles. The maximum atomic E-state index is 16.8. The second-order valence-electron chi connectivity index (χ2n) is 34.6. The Bertz CT molecular complexity index is 4510. The van der Waals surface area contributed by atoms with Gasteiger partial charge in [0.2, 0.25) is 0 Å². The van der Waals surface area contributed by atoms with Crippen LogP contribution in [0, 0.1) is 0 Å². The number of ether oxygens (including phenoxy) is 12. The Hall–Kier alpha value is -7.00. The number of hydrogen-bond donors (Lipinski definition) is 0. The minimum absolute atomic E-state index is 0.192. The molecule has 18 heteroatoms. The molecule has 11 aromatic rings. The zero-order valence-electron chi connectivity index (χ0n) is 73.6. The first kappa shape index (κ1) is 90.7. The van der Waals surface area contributed by atoms with Crippen molar-refractivity contribution >= 4 is 108 Å². The Morgan fingerprint density at radius 2 is 0.375 bits per heavy atom. The summed E-state index contributed by atoms with van der Waals surface area (Å²) in [5.41, 5.74) is -1.15. The van der Waals surface area contributed by atoms with E-state index in [0.717, 1.165) is 152 Å². The number of nitrogens with zero attached hydrogens (tertiary/aromatic N) is 2. The highest BCUT2D eigenvalue weighted by Crippen LogP contribution is 2.57. The highest BCUT2D eigenvalue weighted by molar-refractivity contribution is 6.54. The van der Waals surface area contributed by atoms with E-state index in [9.17, 15) is 0 Å². The Kier molecular flexibility index (Phi) is 36.5. The van der Waals surface area contributed by atoms with E-state index >= 15 is 19.2 Å². The molecule has 120 heavy (non-hydrogen) atoms. The molecule has 0 unspecified atom stereocenters. The lowest BCUT2D eigenvalue weighted by molar-refractivity contribution is -0.00840. The first-order chi connectivity index (χ1) is 59.3. The summed E-state index contributed by atoms with van der Waals surface area (Å²) in [5.74, 6) is 1.90. The first-order valence-corrected chi connectivity index (χ1v) is 47.9. The van der Waals surface area contributed by atoms with Gasteiger partial charge in [-0.05, 0) is 139 Å². The molecule has 0 saturated carbocycles. The van der Waals surface area contributed by atoms with Gasteiger partial charge in [-0.25, -0.2) is 0 Å². The molecule has 0 fully saturated rings. The van der Waals surface area contributed by atoms with E-state index in [1.807, 2.05) is 0 Å². The lowest BCUT2D eigenvalue weighted by Gasteiger charge is -2.28. The fourth-order valence-corrected chi connectivity index (χ4v) is 19.6. The minimum atomic E-state index is -0.345. The second-order valence-corrected chi connectivity index (χ2v) is 34.6. The van der Waals surface area contributed by atoms with Gasteiger partial charge in [0.05, 0.1) is 106 Å². The van der Waals surface area contributed by atoms with Gasteiger partial charge in [-0.2, -0.15) is 0 Å². The summed E-state index contributed by atoms with van der Waals surface area (Å²) in [6.07, 6.45) is 44.7. The van der Waals surface area contributed by atoms with Crippen LogP contribution in [0.15, 0.2) is 67.7 Å². The van der Waals surface area contributed by atoms with Crippen molar-refractivity contribution in [1.29, 1.82) is 0 Å². The van der Waals surface area contributed by atoms with Crippen molar-refractivity contribution in [2.45, 2.75) is 297 Å². The molecule has 0 spiro atoms. The predicted octanol–water partition coefficient (Wildman–Crippen LogP) is 23.9. The van der Waals surface area contributed by atoms with Gasteiger partial charge in [-0.3, -0.25) is 28.3 Å². The molecule has 4 heterocycles. The summed E-state index contributed by atoms with van der Waals surface area (Å²) in [4.78, 5) is 67.2. The Morgan fingerprint density at radius 1 is 0.200 bits per heavy atom. The maximum Gasteiger partial charge on any atom is 0.261 e. The number of rotatable bonds is 42. The first-order valence-electron chi connectivity index (χ1n) is 47.9. The van der Waals surface area contributed by atoms with Gasteiger partial charge in [0.1, 0.15) is 26.4 Å². The standard InChI is InChI=1S/C102H142N2O16/c1-5-9-13-17-21-25-29-33-37-41-73(42-38-34-30-26-22-18-14-10-6-2)103-99(105)83-65-79-75-69-87-89(119-63-59-115-55-51-111-47-45-109-49-53-113-57-61-117-87)71-77(75)81-67-85-92-86(102(108)104(101(85)107)74(43-39-35-31-27-23-19-15-11-7-3)44-40-36-32-28-24-20-16-12-8-4)68-82-78-72-90-88(118-62-58-114-54-50-110-46-48-112-52-56-116-60-64-120-90)70-76(78)80-66-84(100(103)106)91(83)97-93(79)95(81)98(92)96(82)94(80)97/h65-74H,5-64H2,1-4H3. The molecule has 13 rings (SSSR count). The monoisotopic (exact) mass is 1650 g/mol. The van der Waals surface area contributed by atoms with Gasteiger partial charge in [-0.1, -0.05) is 259 Å². The van der Waals surface area contributed by atoms with Gasteiger partial charge >= 0.3 is 0 Å². The van der Waals surface area contributed by atoms with E-state index in [2.05, 4.69) is 76.2 Å². The van der Waals surface area contributed by atoms with Crippen molar-refractivity contribution in [3.63, 3.8) is 0 Å². The summed E-state index contributed by atoms with van der Waals surface area (Å²) in [6.45, 7) is 15.7. The van der Waals surface area contributed by atoms with Crippen LogP contribution in [0.1, 0.15) is 297 Å². The zero-order chi connectivity index (χ0) is 83.0. The molecule has 2 aromatic heterocycles. The van der Waals surface area contributed by atoms with Crippen LogP contribution in [0.3, 0.4) is 0 Å². The van der Waals surface area contributed by atoms with Gasteiger partial charge in [-0.15, -0.1) is 0 Å². The summed E-state index contributed by atoms with van der Waals surface area (Å²) in [6, 6.07) is 15.8. The highest BCUT2D eigenvalue weighted by Gasteiger charge is 2.34. The molecule has 0 bridgehead atoms. The molecule has 0 atom stereocenters. The molecule has 9 aromatic carbocycles. The molecule has 0 radical (unpaired) electrons. The number of hydrogen-bond acceptors (Lipinski definition) is 16. The van der Waals surface area contributed by atoms with E-state index in [1.165, 1.54) is 154 Å². The zero-order valence-corrected chi connectivity index (χ0v) is 73.6. The Labute approximate surface area is 711 Å². The molecule has 18 nitrogen and oxygen atoms in total. The third-order valence-corrected chi connectivity index (χ3v) is 25.9. The van der Waals surface area contributed by atoms with Crippen molar-refractivity contribution in [2.24, 2.45) is 0 Å². The van der Waals surface area contributed by atoms with Crippen LogP contribution in [-0.2, 0) is 37.9 Å². The quantitative estimate of drug-likeness (QED) is 0.0199. The Balaban J connectivity index is 1.08. The second kappa shape index (κ2) is 48.3. The van der Waals surface area contributed by atoms with E-state index < -0.39 is 0 Å². The molecular weight excluding hydrogens is 1510 g/mol. The average Bonchev–Trinajstić information content (AvgIpc) is 0.653.